The van der Waals surface area contributed by atoms with Crippen LogP contribution < -0.4 is 17.0 Å². The molecule has 3 heteroatoms. The number of hydrogen-bond donors (Lipinski definition) is 0. The lowest BCUT2D eigenvalue weighted by Crippen LogP contribution is -3.00. The van der Waals surface area contributed by atoms with E-state index < -0.39 is 0 Å². The van der Waals surface area contributed by atoms with Crippen LogP contribution in [0.1, 0.15) is 85.0 Å². The zero-order valence-corrected chi connectivity index (χ0v) is 17.6. The summed E-state index contributed by atoms with van der Waals surface area (Å²) in [7, 11) is 0. The van der Waals surface area contributed by atoms with Gasteiger partial charge >= 0.3 is 0 Å². The van der Waals surface area contributed by atoms with Crippen molar-refractivity contribution in [1.82, 2.24) is 4.90 Å². The van der Waals surface area contributed by atoms with E-state index in [2.05, 4.69) is 25.7 Å². The van der Waals surface area contributed by atoms with Gasteiger partial charge in [0.05, 0.1) is 26.2 Å². The highest BCUT2D eigenvalue weighted by atomic mass is 79.9. The molecule has 2 fully saturated rings. The van der Waals surface area contributed by atoms with Crippen molar-refractivity contribution in [3.8, 4) is 0 Å². The van der Waals surface area contributed by atoms with Gasteiger partial charge < -0.3 is 21.5 Å². The highest BCUT2D eigenvalue weighted by molar-refractivity contribution is 4.83. The average molecular weight is 389 g/mol. The van der Waals surface area contributed by atoms with E-state index in [4.69, 9.17) is 0 Å². The molecular formula is C20H41BrN2. The van der Waals surface area contributed by atoms with Crippen LogP contribution in [0.5, 0.6) is 0 Å². The minimum absolute atomic E-state index is 0. The molecule has 0 aromatic carbocycles. The lowest BCUT2D eigenvalue weighted by Gasteiger charge is -2.44. The quantitative estimate of drug-likeness (QED) is 0.573. The number of quaternary nitrogens is 1. The second kappa shape index (κ2) is 11.1. The largest absolute Gasteiger partial charge is 1.00 e. The Kier molecular flexibility index (Phi) is 10.3. The number of halogens is 1. The van der Waals surface area contributed by atoms with Gasteiger partial charge in [-0.15, -0.1) is 0 Å². The third kappa shape index (κ3) is 6.01. The molecule has 0 bridgehead atoms. The van der Waals surface area contributed by atoms with E-state index in [0.717, 1.165) is 12.1 Å². The summed E-state index contributed by atoms with van der Waals surface area (Å²) in [6, 6.07) is 1.81. The maximum Gasteiger partial charge on any atom is 0.0915 e. The van der Waals surface area contributed by atoms with Gasteiger partial charge in [0.2, 0.25) is 0 Å². The predicted molar refractivity (Wildman–Crippen MR) is 97.2 cm³/mol. The topological polar surface area (TPSA) is 3.24 Å². The first-order valence-corrected chi connectivity index (χ1v) is 10.4. The Morgan fingerprint density at radius 1 is 0.696 bits per heavy atom. The van der Waals surface area contributed by atoms with Crippen LogP contribution in [0.15, 0.2) is 0 Å². The molecule has 23 heavy (non-hydrogen) atoms. The zero-order valence-electron chi connectivity index (χ0n) is 16.0. The maximum absolute atomic E-state index is 2.99. The zero-order chi connectivity index (χ0) is 15.8. The van der Waals surface area contributed by atoms with Crippen molar-refractivity contribution in [3.63, 3.8) is 0 Å². The summed E-state index contributed by atoms with van der Waals surface area (Å²) in [6.45, 7) is 13.8. The Morgan fingerprint density at radius 3 is 1.43 bits per heavy atom. The summed E-state index contributed by atoms with van der Waals surface area (Å²) in [5.74, 6) is 0. The first kappa shape index (κ1) is 21.4. The summed E-state index contributed by atoms with van der Waals surface area (Å²) in [5, 5.41) is 0. The van der Waals surface area contributed by atoms with Crippen molar-refractivity contribution in [2.75, 3.05) is 32.7 Å². The molecule has 0 amide bonds. The Balaban J connectivity index is 0.00000264. The summed E-state index contributed by atoms with van der Waals surface area (Å²) in [6.07, 6.45) is 14.8. The van der Waals surface area contributed by atoms with Crippen molar-refractivity contribution in [1.29, 1.82) is 0 Å². The van der Waals surface area contributed by atoms with Crippen molar-refractivity contribution in [2.24, 2.45) is 0 Å². The van der Waals surface area contributed by atoms with Gasteiger partial charge in [-0.25, -0.2) is 0 Å². The van der Waals surface area contributed by atoms with E-state index in [0.29, 0.717) is 0 Å². The van der Waals surface area contributed by atoms with Crippen LogP contribution in [0.25, 0.3) is 0 Å². The molecule has 2 aliphatic rings. The molecule has 0 radical (unpaired) electrons. The minimum Gasteiger partial charge on any atom is -1.00 e. The lowest BCUT2D eigenvalue weighted by molar-refractivity contribution is -0.922. The van der Waals surface area contributed by atoms with E-state index >= 15 is 0 Å². The smallest absolute Gasteiger partial charge is 0.0915 e. The molecule has 0 unspecified atom stereocenters. The molecule has 0 aliphatic heterocycles. The van der Waals surface area contributed by atoms with Gasteiger partial charge in [-0.1, -0.05) is 38.5 Å². The average Bonchev–Trinajstić information content (AvgIpc) is 2.61. The van der Waals surface area contributed by atoms with Crippen LogP contribution in [-0.2, 0) is 0 Å². The van der Waals surface area contributed by atoms with E-state index in [1.54, 1.807) is 0 Å². The number of hydrogen-bond acceptors (Lipinski definition) is 1. The van der Waals surface area contributed by atoms with Gasteiger partial charge in [0, 0.05) is 18.6 Å². The van der Waals surface area contributed by atoms with Crippen LogP contribution >= 0.6 is 0 Å². The second-order valence-electron chi connectivity index (χ2n) is 7.84. The Hall–Kier alpha value is 0.400. The number of rotatable bonds is 8. The number of nitrogens with zero attached hydrogens (tertiary/aromatic N) is 2. The SMILES string of the molecule is CC[N+](CC)(CC)CCN(C1CCCCC1)C1CCCCC1.[Br-]. The van der Waals surface area contributed by atoms with Crippen LogP contribution in [-0.4, -0.2) is 54.2 Å². The first-order chi connectivity index (χ1) is 10.7. The normalized spacial score (nSPS) is 21.4. The summed E-state index contributed by atoms with van der Waals surface area (Å²) >= 11 is 0. The van der Waals surface area contributed by atoms with Gasteiger partial charge in [-0.3, -0.25) is 4.90 Å². The Bertz CT molecular complexity index is 266. The minimum atomic E-state index is 0. The van der Waals surface area contributed by atoms with E-state index in [1.807, 2.05) is 0 Å². The molecule has 2 rings (SSSR count). The van der Waals surface area contributed by atoms with Crippen LogP contribution in [0.4, 0.5) is 0 Å². The van der Waals surface area contributed by atoms with Crippen molar-refractivity contribution in [2.45, 2.75) is 97.1 Å². The fourth-order valence-corrected chi connectivity index (χ4v) is 4.96. The third-order valence-corrected chi connectivity index (χ3v) is 6.93. The maximum atomic E-state index is 2.99. The molecule has 2 nitrogen and oxygen atoms in total. The van der Waals surface area contributed by atoms with Gasteiger partial charge in [-0.05, 0) is 46.5 Å². The molecule has 0 spiro atoms. The van der Waals surface area contributed by atoms with Gasteiger partial charge in [0.1, 0.15) is 0 Å². The fourth-order valence-electron chi connectivity index (χ4n) is 4.96. The van der Waals surface area contributed by atoms with Crippen molar-refractivity contribution < 1.29 is 21.5 Å². The molecular weight excluding hydrogens is 348 g/mol. The Labute approximate surface area is 156 Å². The van der Waals surface area contributed by atoms with Crippen LogP contribution in [0.2, 0.25) is 0 Å². The summed E-state index contributed by atoms with van der Waals surface area (Å²) in [4.78, 5) is 2.99. The van der Waals surface area contributed by atoms with Crippen LogP contribution in [0, 0.1) is 0 Å². The molecule has 2 aliphatic carbocycles. The van der Waals surface area contributed by atoms with E-state index in [9.17, 15) is 0 Å². The van der Waals surface area contributed by atoms with Gasteiger partial charge in [0.15, 0.2) is 0 Å². The van der Waals surface area contributed by atoms with Gasteiger partial charge in [-0.2, -0.15) is 0 Å². The van der Waals surface area contributed by atoms with Crippen molar-refractivity contribution >= 4 is 0 Å². The lowest BCUT2D eigenvalue weighted by atomic mass is 9.88. The fraction of sp³-hybridized carbons (Fsp3) is 1.00. The number of likely N-dealkylation sites (N-methyl/N-ethyl adjacent to an activating group) is 1. The molecule has 138 valence electrons. The molecule has 0 saturated heterocycles. The third-order valence-electron chi connectivity index (χ3n) is 6.93. The van der Waals surface area contributed by atoms with E-state index in [1.165, 1.54) is 101 Å². The van der Waals surface area contributed by atoms with E-state index in [-0.39, 0.29) is 17.0 Å². The Morgan fingerprint density at radius 2 is 1.09 bits per heavy atom. The highest BCUT2D eigenvalue weighted by Crippen LogP contribution is 2.30. The second-order valence-corrected chi connectivity index (χ2v) is 7.84. The standard InChI is InChI=1S/C20H41N2.BrH/c1-4-22(5-2,6-3)18-17-21(19-13-9-7-10-14-19)20-15-11-8-12-16-20;/h19-20H,4-18H2,1-3H3;1H/q+1;/p-1. The molecule has 0 atom stereocenters. The molecule has 0 aromatic heterocycles. The van der Waals surface area contributed by atoms with Crippen LogP contribution in [0.3, 0.4) is 0 Å². The highest BCUT2D eigenvalue weighted by Gasteiger charge is 2.31. The predicted octanol–water partition coefficient (Wildman–Crippen LogP) is 1.83. The molecule has 0 aromatic rings. The van der Waals surface area contributed by atoms with Gasteiger partial charge in [0.25, 0.3) is 0 Å². The summed E-state index contributed by atoms with van der Waals surface area (Å²) in [5.41, 5.74) is 0. The molecule has 2 saturated carbocycles. The molecule has 0 heterocycles. The molecule has 0 N–H and O–H groups in total. The summed E-state index contributed by atoms with van der Waals surface area (Å²) < 4.78 is 1.32. The monoisotopic (exact) mass is 388 g/mol. The van der Waals surface area contributed by atoms with Crippen molar-refractivity contribution in [3.05, 3.63) is 0 Å². The first-order valence-electron chi connectivity index (χ1n) is 10.4.